The quantitative estimate of drug-likeness (QED) is 0.188. The van der Waals surface area contributed by atoms with E-state index in [4.69, 9.17) is 9.47 Å². The third-order valence-electron chi connectivity index (χ3n) is 6.96. The SMILES string of the molecule is CCCCCCCN(C(=O)C(CC(C)C)NC(=O)OC(C)(C)C)C(C(=O)Nc1ccc(OC)cc1)c1cccc(C)c1O. The third kappa shape index (κ3) is 11.5. The molecule has 238 valence electrons. The summed E-state index contributed by atoms with van der Waals surface area (Å²) in [6.45, 7) is 13.4. The number of para-hydroxylation sites is 1. The molecule has 3 amide bonds. The molecule has 2 aromatic carbocycles. The van der Waals surface area contributed by atoms with Crippen molar-refractivity contribution in [3.63, 3.8) is 0 Å². The van der Waals surface area contributed by atoms with E-state index in [0.29, 0.717) is 35.4 Å². The fourth-order valence-electron chi connectivity index (χ4n) is 4.83. The molecule has 9 heteroatoms. The van der Waals surface area contributed by atoms with Crippen molar-refractivity contribution >= 4 is 23.6 Å². The predicted octanol–water partition coefficient (Wildman–Crippen LogP) is 7.13. The van der Waals surface area contributed by atoms with Crippen LogP contribution in [0.4, 0.5) is 10.5 Å². The molecule has 2 atom stereocenters. The summed E-state index contributed by atoms with van der Waals surface area (Å²) < 4.78 is 10.7. The van der Waals surface area contributed by atoms with Crippen molar-refractivity contribution in [1.29, 1.82) is 0 Å². The van der Waals surface area contributed by atoms with Crippen LogP contribution in [0.15, 0.2) is 42.5 Å². The van der Waals surface area contributed by atoms with Crippen LogP contribution in [-0.2, 0) is 14.3 Å². The summed E-state index contributed by atoms with van der Waals surface area (Å²) >= 11 is 0. The highest BCUT2D eigenvalue weighted by molar-refractivity contribution is 5.99. The molecule has 0 bridgehead atoms. The lowest BCUT2D eigenvalue weighted by Crippen LogP contribution is -2.53. The maximum absolute atomic E-state index is 14.4. The Kier molecular flexibility index (Phi) is 13.8. The van der Waals surface area contributed by atoms with E-state index in [1.807, 2.05) is 13.8 Å². The molecule has 0 spiro atoms. The Morgan fingerprint density at radius 3 is 2.21 bits per heavy atom. The lowest BCUT2D eigenvalue weighted by Gasteiger charge is -2.35. The number of nitrogens with zero attached hydrogens (tertiary/aromatic N) is 1. The van der Waals surface area contributed by atoms with Gasteiger partial charge in [-0.1, -0.05) is 64.7 Å². The lowest BCUT2D eigenvalue weighted by molar-refractivity contribution is -0.141. The van der Waals surface area contributed by atoms with Gasteiger partial charge in [-0.2, -0.15) is 0 Å². The van der Waals surface area contributed by atoms with E-state index in [1.54, 1.807) is 77.3 Å². The number of ether oxygens (including phenoxy) is 2. The number of carbonyl (C=O) groups is 3. The van der Waals surface area contributed by atoms with Crippen molar-refractivity contribution in [2.75, 3.05) is 19.0 Å². The van der Waals surface area contributed by atoms with Crippen LogP contribution in [0.1, 0.15) is 97.2 Å². The molecule has 2 unspecified atom stereocenters. The molecule has 0 aliphatic carbocycles. The smallest absolute Gasteiger partial charge is 0.408 e. The normalized spacial score (nSPS) is 12.8. The molecule has 0 aromatic heterocycles. The largest absolute Gasteiger partial charge is 0.507 e. The van der Waals surface area contributed by atoms with Crippen molar-refractivity contribution in [2.45, 2.75) is 105 Å². The Hall–Kier alpha value is -3.75. The molecule has 9 nitrogen and oxygen atoms in total. The van der Waals surface area contributed by atoms with Crippen LogP contribution < -0.4 is 15.4 Å². The summed E-state index contributed by atoms with van der Waals surface area (Å²) in [7, 11) is 1.56. The molecule has 2 rings (SSSR count). The van der Waals surface area contributed by atoms with E-state index in [2.05, 4.69) is 17.6 Å². The number of benzene rings is 2. The zero-order valence-electron chi connectivity index (χ0n) is 27.2. The van der Waals surface area contributed by atoms with Gasteiger partial charge in [0.1, 0.15) is 29.2 Å². The second-order valence-corrected chi connectivity index (χ2v) is 12.4. The third-order valence-corrected chi connectivity index (χ3v) is 6.96. The summed E-state index contributed by atoms with van der Waals surface area (Å²) in [4.78, 5) is 42.9. The monoisotopic (exact) mass is 597 g/mol. The number of hydrogen-bond acceptors (Lipinski definition) is 6. The van der Waals surface area contributed by atoms with Crippen LogP contribution in [0.5, 0.6) is 11.5 Å². The van der Waals surface area contributed by atoms with Gasteiger partial charge >= 0.3 is 6.09 Å². The number of amides is 3. The number of phenolic OH excluding ortho intramolecular Hbond substituents is 1. The molecule has 0 saturated carbocycles. The Balaban J connectivity index is 2.58. The van der Waals surface area contributed by atoms with Gasteiger partial charge in [-0.05, 0) is 76.3 Å². The molecule has 0 aliphatic heterocycles. The number of alkyl carbamates (subject to hydrolysis) is 1. The van der Waals surface area contributed by atoms with E-state index in [9.17, 15) is 19.5 Å². The minimum absolute atomic E-state index is 0.0540. The van der Waals surface area contributed by atoms with E-state index in [0.717, 1.165) is 25.7 Å². The number of carbonyl (C=O) groups excluding carboxylic acids is 3. The molecule has 0 aliphatic rings. The van der Waals surface area contributed by atoms with Gasteiger partial charge in [-0.3, -0.25) is 9.59 Å². The van der Waals surface area contributed by atoms with Gasteiger partial charge in [0.05, 0.1) is 7.11 Å². The van der Waals surface area contributed by atoms with Crippen LogP contribution in [-0.4, -0.2) is 53.2 Å². The number of phenols is 1. The van der Waals surface area contributed by atoms with Crippen molar-refractivity contribution in [3.05, 3.63) is 53.6 Å². The van der Waals surface area contributed by atoms with Crippen LogP contribution in [0.25, 0.3) is 0 Å². The van der Waals surface area contributed by atoms with Crippen molar-refractivity contribution in [1.82, 2.24) is 10.2 Å². The molecule has 0 radical (unpaired) electrons. The van der Waals surface area contributed by atoms with E-state index in [-0.39, 0.29) is 18.2 Å². The van der Waals surface area contributed by atoms with Crippen molar-refractivity contribution in [3.8, 4) is 11.5 Å². The summed E-state index contributed by atoms with van der Waals surface area (Å²) in [5.74, 6) is -0.241. The Morgan fingerprint density at radius 1 is 0.977 bits per heavy atom. The summed E-state index contributed by atoms with van der Waals surface area (Å²) in [6, 6.07) is 9.97. The zero-order chi connectivity index (χ0) is 32.2. The number of aromatic hydroxyl groups is 1. The van der Waals surface area contributed by atoms with Gasteiger partial charge in [0, 0.05) is 17.8 Å². The summed E-state index contributed by atoms with van der Waals surface area (Å²) in [5.41, 5.74) is 0.667. The van der Waals surface area contributed by atoms with E-state index in [1.165, 1.54) is 4.90 Å². The Bertz CT molecular complexity index is 1190. The summed E-state index contributed by atoms with van der Waals surface area (Å²) in [6.07, 6.45) is 4.32. The van der Waals surface area contributed by atoms with Crippen molar-refractivity contribution < 1.29 is 29.0 Å². The minimum atomic E-state index is -1.16. The van der Waals surface area contributed by atoms with Gasteiger partial charge in [-0.15, -0.1) is 0 Å². The second-order valence-electron chi connectivity index (χ2n) is 12.4. The highest BCUT2D eigenvalue weighted by Gasteiger charge is 2.37. The fraction of sp³-hybridized carbons (Fsp3) is 0.559. The first-order valence-corrected chi connectivity index (χ1v) is 15.3. The molecule has 0 saturated heterocycles. The average molecular weight is 598 g/mol. The number of unbranched alkanes of at least 4 members (excludes halogenated alkanes) is 4. The van der Waals surface area contributed by atoms with Crippen LogP contribution in [0.3, 0.4) is 0 Å². The second kappa shape index (κ2) is 16.8. The van der Waals surface area contributed by atoms with Gasteiger partial charge < -0.3 is 30.1 Å². The molecule has 43 heavy (non-hydrogen) atoms. The number of rotatable bonds is 15. The molecule has 3 N–H and O–H groups in total. The Morgan fingerprint density at radius 2 is 1.63 bits per heavy atom. The van der Waals surface area contributed by atoms with Gasteiger partial charge in [0.25, 0.3) is 5.91 Å². The molecule has 2 aromatic rings. The summed E-state index contributed by atoms with van der Waals surface area (Å²) in [5, 5.41) is 16.8. The predicted molar refractivity (Wildman–Crippen MR) is 170 cm³/mol. The first-order chi connectivity index (χ1) is 20.3. The van der Waals surface area contributed by atoms with Gasteiger partial charge in [0.15, 0.2) is 0 Å². The van der Waals surface area contributed by atoms with Crippen LogP contribution >= 0.6 is 0 Å². The first kappa shape index (κ1) is 35.4. The zero-order valence-corrected chi connectivity index (χ0v) is 27.2. The first-order valence-electron chi connectivity index (χ1n) is 15.3. The number of nitrogens with one attached hydrogen (secondary N) is 2. The number of methoxy groups -OCH3 is 1. The Labute approximate surface area is 257 Å². The van der Waals surface area contributed by atoms with E-state index >= 15 is 0 Å². The average Bonchev–Trinajstić information content (AvgIpc) is 2.92. The molecular weight excluding hydrogens is 546 g/mol. The molecule has 0 fully saturated rings. The highest BCUT2D eigenvalue weighted by atomic mass is 16.6. The number of hydrogen-bond donors (Lipinski definition) is 3. The standard InChI is InChI=1S/C34H51N3O6/c1-9-10-11-12-13-21-37(32(40)28(22-23(2)3)36-33(41)43-34(5,6)7)29(27-16-14-15-24(4)30(27)38)31(39)35-25-17-19-26(42-8)20-18-25/h14-20,23,28-29,38H,9-13,21-22H2,1-8H3,(H,35,39)(H,36,41). The number of aryl methyl sites for hydroxylation is 1. The van der Waals surface area contributed by atoms with E-state index < -0.39 is 35.6 Å². The number of anilines is 1. The molecule has 0 heterocycles. The maximum Gasteiger partial charge on any atom is 0.408 e. The van der Waals surface area contributed by atoms with Crippen molar-refractivity contribution in [2.24, 2.45) is 5.92 Å². The topological polar surface area (TPSA) is 117 Å². The molecular formula is C34H51N3O6. The minimum Gasteiger partial charge on any atom is -0.507 e. The lowest BCUT2D eigenvalue weighted by atomic mass is 9.97. The van der Waals surface area contributed by atoms with Crippen LogP contribution in [0.2, 0.25) is 0 Å². The fourth-order valence-corrected chi connectivity index (χ4v) is 4.83. The van der Waals surface area contributed by atoms with Gasteiger partial charge in [0.2, 0.25) is 5.91 Å². The maximum atomic E-state index is 14.4. The van der Waals surface area contributed by atoms with Gasteiger partial charge in [-0.25, -0.2) is 4.79 Å². The van der Waals surface area contributed by atoms with Crippen LogP contribution in [0, 0.1) is 12.8 Å². The highest BCUT2D eigenvalue weighted by Crippen LogP contribution is 2.34.